The molecule has 1 amide bonds. The molecule has 1 aliphatic heterocycles. The second kappa shape index (κ2) is 10.5. The van der Waals surface area contributed by atoms with E-state index in [1.165, 1.54) is 11.0 Å². The fraction of sp³-hybridized carbons (Fsp3) is 0.448. The van der Waals surface area contributed by atoms with Crippen molar-refractivity contribution in [2.45, 2.75) is 70.3 Å². The molecule has 1 aliphatic carbocycles. The number of aryl methyl sites for hydroxylation is 1. The van der Waals surface area contributed by atoms with Gasteiger partial charge >= 0.3 is 6.18 Å². The molecule has 7 nitrogen and oxygen atoms in total. The van der Waals surface area contributed by atoms with Gasteiger partial charge in [-0.2, -0.15) is 18.4 Å². The number of hydrogen-bond acceptors (Lipinski definition) is 5. The summed E-state index contributed by atoms with van der Waals surface area (Å²) in [5, 5.41) is 20.7. The monoisotopic (exact) mass is 536 g/mol. The second-order valence-corrected chi connectivity index (χ2v) is 11.0. The summed E-state index contributed by atoms with van der Waals surface area (Å²) in [6.07, 6.45) is 1.56. The normalized spacial score (nSPS) is 17.0. The Morgan fingerprint density at radius 1 is 1.18 bits per heavy atom. The van der Waals surface area contributed by atoms with Gasteiger partial charge in [0.2, 0.25) is 0 Å². The Kier molecular flexibility index (Phi) is 7.21. The average molecular weight is 537 g/mol. The smallest absolute Gasteiger partial charge is 0.321 e. The maximum absolute atomic E-state index is 14.1. The number of amides is 1. The Morgan fingerprint density at radius 3 is 2.62 bits per heavy atom. The lowest BCUT2D eigenvalue weighted by Gasteiger charge is -2.39. The summed E-state index contributed by atoms with van der Waals surface area (Å²) in [7, 11) is 1.85. The van der Waals surface area contributed by atoms with Crippen LogP contribution in [0.3, 0.4) is 0 Å². The third-order valence-corrected chi connectivity index (χ3v) is 7.99. The van der Waals surface area contributed by atoms with Crippen molar-refractivity contribution in [3.05, 3.63) is 76.4 Å². The number of carbonyl (C=O) groups excluding carboxylic acids is 1. The van der Waals surface area contributed by atoms with Gasteiger partial charge in [0, 0.05) is 43.2 Å². The van der Waals surface area contributed by atoms with Gasteiger partial charge in [-0.3, -0.25) is 4.79 Å². The molecule has 0 unspecified atom stereocenters. The molecule has 0 spiro atoms. The van der Waals surface area contributed by atoms with Gasteiger partial charge in [0.1, 0.15) is 12.2 Å². The molecule has 10 heteroatoms. The van der Waals surface area contributed by atoms with E-state index >= 15 is 0 Å². The summed E-state index contributed by atoms with van der Waals surface area (Å²) in [4.78, 5) is 14.9. The predicted octanol–water partition coefficient (Wildman–Crippen LogP) is 5.34. The molecule has 3 aromatic rings. The Hall–Kier alpha value is -3.71. The molecule has 1 fully saturated rings. The van der Waals surface area contributed by atoms with Crippen molar-refractivity contribution in [3.8, 4) is 6.07 Å². The lowest BCUT2D eigenvalue weighted by molar-refractivity contribution is -0.138. The van der Waals surface area contributed by atoms with Crippen LogP contribution in [-0.2, 0) is 39.2 Å². The molecule has 39 heavy (non-hydrogen) atoms. The largest absolute Gasteiger partial charge is 0.416 e. The third kappa shape index (κ3) is 5.69. The van der Waals surface area contributed by atoms with E-state index in [4.69, 9.17) is 0 Å². The molecule has 0 radical (unpaired) electrons. The summed E-state index contributed by atoms with van der Waals surface area (Å²) in [6.45, 7) is 2.21. The fourth-order valence-corrected chi connectivity index (χ4v) is 5.51. The number of nitrogens with one attached hydrogen (secondary N) is 1. The summed E-state index contributed by atoms with van der Waals surface area (Å²) >= 11 is 0. The Labute approximate surface area is 225 Å². The van der Waals surface area contributed by atoms with Crippen molar-refractivity contribution in [1.29, 1.82) is 5.26 Å². The van der Waals surface area contributed by atoms with Gasteiger partial charge in [0.05, 0.1) is 18.2 Å². The van der Waals surface area contributed by atoms with E-state index in [0.717, 1.165) is 30.7 Å². The SMILES string of the molecule is Cn1cnnc1C[C@@H](CC#N)Cc1cccc(N2Cc3c(cc(CNC4(C)CCC4)cc3C(F)(F)F)C2=O)c1. The quantitative estimate of drug-likeness (QED) is 0.399. The zero-order valence-corrected chi connectivity index (χ0v) is 22.1. The number of aromatic nitrogens is 3. The van der Waals surface area contributed by atoms with Crippen molar-refractivity contribution < 1.29 is 18.0 Å². The van der Waals surface area contributed by atoms with Gasteiger partial charge < -0.3 is 14.8 Å². The lowest BCUT2D eigenvalue weighted by atomic mass is 9.78. The summed E-state index contributed by atoms with van der Waals surface area (Å²) < 4.78 is 44.1. The molecular weight excluding hydrogens is 505 g/mol. The van der Waals surface area contributed by atoms with Gasteiger partial charge in [-0.1, -0.05) is 12.1 Å². The molecule has 1 N–H and O–H groups in total. The van der Waals surface area contributed by atoms with Crippen LogP contribution in [0.1, 0.15) is 71.0 Å². The zero-order valence-electron chi connectivity index (χ0n) is 22.1. The molecule has 0 saturated heterocycles. The highest BCUT2D eigenvalue weighted by Crippen LogP contribution is 2.40. The molecular formula is C29H31F3N6O. The van der Waals surface area contributed by atoms with Gasteiger partial charge in [-0.05, 0) is 79.5 Å². The first-order valence-corrected chi connectivity index (χ1v) is 13.1. The predicted molar refractivity (Wildman–Crippen MR) is 140 cm³/mol. The molecule has 2 aromatic carbocycles. The van der Waals surface area contributed by atoms with Crippen LogP contribution in [0.4, 0.5) is 18.9 Å². The molecule has 1 saturated carbocycles. The van der Waals surface area contributed by atoms with Crippen LogP contribution in [0.15, 0.2) is 42.7 Å². The van der Waals surface area contributed by atoms with Crippen molar-refractivity contribution in [1.82, 2.24) is 20.1 Å². The van der Waals surface area contributed by atoms with E-state index in [0.29, 0.717) is 30.5 Å². The second-order valence-electron chi connectivity index (χ2n) is 11.0. The fourth-order valence-electron chi connectivity index (χ4n) is 5.51. The van der Waals surface area contributed by atoms with Gasteiger partial charge in [0.15, 0.2) is 0 Å². The number of halogens is 3. The van der Waals surface area contributed by atoms with E-state index in [1.807, 2.05) is 23.7 Å². The van der Waals surface area contributed by atoms with Crippen LogP contribution in [0, 0.1) is 17.2 Å². The van der Waals surface area contributed by atoms with Crippen LogP contribution in [0.2, 0.25) is 0 Å². The van der Waals surface area contributed by atoms with Gasteiger partial charge in [0.25, 0.3) is 5.91 Å². The van der Waals surface area contributed by atoms with E-state index in [1.54, 1.807) is 24.5 Å². The maximum Gasteiger partial charge on any atom is 0.416 e. The Morgan fingerprint density at radius 2 is 1.97 bits per heavy atom. The van der Waals surface area contributed by atoms with Crippen molar-refractivity contribution in [3.63, 3.8) is 0 Å². The minimum Gasteiger partial charge on any atom is -0.321 e. The van der Waals surface area contributed by atoms with Crippen molar-refractivity contribution in [2.24, 2.45) is 13.0 Å². The molecule has 5 rings (SSSR count). The first-order valence-electron chi connectivity index (χ1n) is 13.1. The molecule has 1 aromatic heterocycles. The standard InChI is InChI=1S/C29H31F3N6O/c1-28(8-4-9-28)34-16-21-13-23-24(25(14-21)29(30,31)32)17-38(27(23)39)22-6-3-5-19(12-22)11-20(7-10-33)15-26-36-35-18-37(26)2/h3,5-6,12-14,18,20,34H,4,7-9,11,15-17H2,1-2H3/t20-/m0/s1. The van der Waals surface area contributed by atoms with Crippen LogP contribution < -0.4 is 10.2 Å². The number of carbonyl (C=O) groups is 1. The van der Waals surface area contributed by atoms with Crippen molar-refractivity contribution >= 4 is 11.6 Å². The van der Waals surface area contributed by atoms with Gasteiger partial charge in [-0.15, -0.1) is 10.2 Å². The Bertz CT molecular complexity index is 1420. The van der Waals surface area contributed by atoms with E-state index in [9.17, 15) is 23.2 Å². The van der Waals surface area contributed by atoms with Crippen LogP contribution in [0.25, 0.3) is 0 Å². The number of benzene rings is 2. The number of anilines is 1. The summed E-state index contributed by atoms with van der Waals surface area (Å²) in [6, 6.07) is 12.3. The number of fused-ring (bicyclic) bond motifs is 1. The van der Waals surface area contributed by atoms with E-state index < -0.39 is 17.6 Å². The van der Waals surface area contributed by atoms with Crippen LogP contribution in [-0.4, -0.2) is 26.2 Å². The summed E-state index contributed by atoms with van der Waals surface area (Å²) in [5.74, 6) is 0.314. The molecule has 204 valence electrons. The van der Waals surface area contributed by atoms with Crippen LogP contribution in [0.5, 0.6) is 0 Å². The van der Waals surface area contributed by atoms with Crippen molar-refractivity contribution in [2.75, 3.05) is 4.90 Å². The number of rotatable bonds is 9. The highest BCUT2D eigenvalue weighted by molar-refractivity contribution is 6.10. The maximum atomic E-state index is 14.1. The zero-order chi connectivity index (χ0) is 27.8. The highest BCUT2D eigenvalue weighted by Gasteiger charge is 2.41. The average Bonchev–Trinajstić information content (AvgIpc) is 3.43. The number of hydrogen-bond donors (Lipinski definition) is 1. The number of alkyl halides is 3. The van der Waals surface area contributed by atoms with E-state index in [2.05, 4.69) is 28.5 Å². The Balaban J connectivity index is 1.38. The first-order chi connectivity index (χ1) is 18.6. The first kappa shape index (κ1) is 26.9. The van der Waals surface area contributed by atoms with Crippen LogP contribution >= 0.6 is 0 Å². The lowest BCUT2D eigenvalue weighted by Crippen LogP contribution is -2.47. The molecule has 1 atom stereocenters. The minimum atomic E-state index is -4.57. The highest BCUT2D eigenvalue weighted by atomic mass is 19.4. The number of nitriles is 1. The number of nitrogens with zero attached hydrogens (tertiary/aromatic N) is 5. The van der Waals surface area contributed by atoms with E-state index in [-0.39, 0.29) is 35.7 Å². The molecule has 0 bridgehead atoms. The third-order valence-electron chi connectivity index (χ3n) is 7.99. The summed E-state index contributed by atoms with van der Waals surface area (Å²) in [5.41, 5.74) is 1.20. The topological polar surface area (TPSA) is 86.8 Å². The van der Waals surface area contributed by atoms with Gasteiger partial charge in [-0.25, -0.2) is 0 Å². The molecule has 2 heterocycles. The molecule has 2 aliphatic rings. The minimum absolute atomic E-state index is 0.0150.